The molecule has 3 nitrogen and oxygen atoms in total. The Morgan fingerprint density at radius 2 is 1.28 bits per heavy atom. The van der Waals surface area contributed by atoms with Gasteiger partial charge in [0.15, 0.2) is 17.5 Å². The zero-order valence-electron chi connectivity index (χ0n) is 29.2. The Hall–Kier alpha value is -6.23. The molecule has 0 bridgehead atoms. The van der Waals surface area contributed by atoms with Gasteiger partial charge < -0.3 is 0 Å². The molecule has 0 fully saturated rings. The second kappa shape index (κ2) is 11.9. The molecular formula is C49H33N3S. The number of nitrogens with zero attached hydrogens (tertiary/aromatic N) is 3. The van der Waals surface area contributed by atoms with Crippen LogP contribution < -0.4 is 0 Å². The maximum atomic E-state index is 5.24. The van der Waals surface area contributed by atoms with Crippen LogP contribution in [0.2, 0.25) is 0 Å². The third-order valence-electron chi connectivity index (χ3n) is 11.1. The molecule has 9 aromatic rings. The van der Waals surface area contributed by atoms with Crippen LogP contribution in [0.25, 0.3) is 104 Å². The summed E-state index contributed by atoms with van der Waals surface area (Å²) in [5.41, 5.74) is 11.4. The van der Waals surface area contributed by atoms with Gasteiger partial charge in [0.1, 0.15) is 0 Å². The van der Waals surface area contributed by atoms with Crippen molar-refractivity contribution in [1.29, 1.82) is 0 Å². The number of hydrogen-bond donors (Lipinski definition) is 0. The first kappa shape index (κ1) is 30.4. The minimum Gasteiger partial charge on any atom is -0.208 e. The summed E-state index contributed by atoms with van der Waals surface area (Å²) in [6.45, 7) is 2.27. The molecule has 53 heavy (non-hydrogen) atoms. The number of allylic oxidation sites excluding steroid dienone is 4. The summed E-state index contributed by atoms with van der Waals surface area (Å²) in [4.78, 5) is 16.5. The summed E-state index contributed by atoms with van der Waals surface area (Å²) in [5, 5.41) is 12.0. The van der Waals surface area contributed by atoms with Crippen LogP contribution in [0.5, 0.6) is 0 Å². The molecule has 2 aliphatic carbocycles. The summed E-state index contributed by atoms with van der Waals surface area (Å²) < 4.78 is 0. The van der Waals surface area contributed by atoms with Gasteiger partial charge in [0.2, 0.25) is 0 Å². The molecule has 0 radical (unpaired) electrons. The summed E-state index contributed by atoms with van der Waals surface area (Å²) >= 11 is 1.66. The number of fused-ring (bicyclic) bond motifs is 7. The summed E-state index contributed by atoms with van der Waals surface area (Å²) in [6, 6.07) is 45.1. The number of rotatable bonds is 6. The molecule has 11 rings (SSSR count). The van der Waals surface area contributed by atoms with E-state index in [-0.39, 0.29) is 0 Å². The van der Waals surface area contributed by atoms with Crippen molar-refractivity contribution in [2.24, 2.45) is 0 Å². The van der Waals surface area contributed by atoms with E-state index in [1.165, 1.54) is 71.3 Å². The van der Waals surface area contributed by atoms with Crippen molar-refractivity contribution >= 4 is 60.0 Å². The molecule has 0 amide bonds. The predicted molar refractivity (Wildman–Crippen MR) is 224 cm³/mol. The highest BCUT2D eigenvalue weighted by molar-refractivity contribution is 7.13. The van der Waals surface area contributed by atoms with Crippen LogP contribution in [0, 0.1) is 0 Å². The van der Waals surface area contributed by atoms with Gasteiger partial charge in [-0.15, -0.1) is 11.3 Å². The molecular weight excluding hydrogens is 663 g/mol. The molecule has 0 aliphatic heterocycles. The van der Waals surface area contributed by atoms with Crippen molar-refractivity contribution in [1.82, 2.24) is 15.0 Å². The molecule has 2 heterocycles. The van der Waals surface area contributed by atoms with E-state index in [2.05, 4.69) is 152 Å². The lowest BCUT2D eigenvalue weighted by Gasteiger charge is -2.18. The fraction of sp³-hybridized carbons (Fsp3) is 0.0816. The normalized spacial score (nSPS) is 13.1. The maximum absolute atomic E-state index is 5.24. The van der Waals surface area contributed by atoms with Crippen molar-refractivity contribution < 1.29 is 0 Å². The highest BCUT2D eigenvalue weighted by Crippen LogP contribution is 2.50. The van der Waals surface area contributed by atoms with Gasteiger partial charge in [-0.25, -0.2) is 15.0 Å². The first-order valence-corrected chi connectivity index (χ1v) is 19.3. The molecule has 2 aromatic heterocycles. The molecule has 0 unspecified atom stereocenters. The third-order valence-corrected chi connectivity index (χ3v) is 11.9. The molecule has 0 spiro atoms. The number of aromatic nitrogens is 3. The van der Waals surface area contributed by atoms with Crippen LogP contribution in [0.1, 0.15) is 31.2 Å². The lowest BCUT2D eigenvalue weighted by atomic mass is 9.86. The summed E-state index contributed by atoms with van der Waals surface area (Å²) in [5.74, 6) is 2.17. The first-order chi connectivity index (χ1) is 26.2. The first-order valence-electron chi connectivity index (χ1n) is 18.5. The molecule has 0 N–H and O–H groups in total. The van der Waals surface area contributed by atoms with Crippen LogP contribution in [-0.4, -0.2) is 15.0 Å². The molecule has 2 aliphatic rings. The van der Waals surface area contributed by atoms with Gasteiger partial charge in [-0.3, -0.25) is 0 Å². The van der Waals surface area contributed by atoms with Gasteiger partial charge in [-0.05, 0) is 112 Å². The molecule has 0 saturated heterocycles. The van der Waals surface area contributed by atoms with Crippen LogP contribution in [0.15, 0.2) is 145 Å². The molecule has 250 valence electrons. The predicted octanol–water partition coefficient (Wildman–Crippen LogP) is 13.5. The van der Waals surface area contributed by atoms with Gasteiger partial charge in [-0.2, -0.15) is 0 Å². The monoisotopic (exact) mass is 695 g/mol. The number of hydrogen-bond acceptors (Lipinski definition) is 4. The maximum Gasteiger partial charge on any atom is 0.174 e. The average Bonchev–Trinajstić information content (AvgIpc) is 4.00. The lowest BCUT2D eigenvalue weighted by molar-refractivity contribution is 0.924. The molecule has 0 atom stereocenters. The van der Waals surface area contributed by atoms with E-state index in [1.54, 1.807) is 11.3 Å². The Balaban J connectivity index is 1.21. The Labute approximate surface area is 311 Å². The topological polar surface area (TPSA) is 38.7 Å². The van der Waals surface area contributed by atoms with E-state index in [9.17, 15) is 0 Å². The number of benzene rings is 7. The van der Waals surface area contributed by atoms with Crippen molar-refractivity contribution in [3.63, 3.8) is 0 Å². The largest absolute Gasteiger partial charge is 0.208 e. The van der Waals surface area contributed by atoms with E-state index in [4.69, 9.17) is 15.0 Å². The van der Waals surface area contributed by atoms with Gasteiger partial charge in [0.05, 0.1) is 4.88 Å². The lowest BCUT2D eigenvalue weighted by Crippen LogP contribution is -2.02. The van der Waals surface area contributed by atoms with Crippen molar-refractivity contribution in [3.8, 4) is 55.5 Å². The quantitative estimate of drug-likeness (QED) is 0.128. The van der Waals surface area contributed by atoms with E-state index in [1.807, 2.05) is 0 Å². The van der Waals surface area contributed by atoms with E-state index >= 15 is 0 Å². The van der Waals surface area contributed by atoms with E-state index in [0.29, 0.717) is 5.82 Å². The standard InChI is InChI=1S/C49H33N3S/c1-2-11-29-26-41(35-21-23-39-34-17-8-7-16-33(34)37-18-9-19-38(35)45(37)39)36-22-24-40-43(42(36)27-29)28-31-14-5-6-15-32(31)46(40)49-51-47(30-12-3-4-13-30)50-48(52-49)44-20-10-25-53-44/h3-10,12,14-28H,2,11,13H2,1H3. The highest BCUT2D eigenvalue weighted by atomic mass is 32.1. The Kier molecular flexibility index (Phi) is 6.83. The van der Waals surface area contributed by atoms with Crippen molar-refractivity contribution in [3.05, 3.63) is 156 Å². The number of aryl methyl sites for hydroxylation is 1. The minimum atomic E-state index is 0.712. The van der Waals surface area contributed by atoms with E-state index in [0.717, 1.165) is 57.7 Å². The average molecular weight is 696 g/mol. The van der Waals surface area contributed by atoms with Gasteiger partial charge >= 0.3 is 0 Å². The summed E-state index contributed by atoms with van der Waals surface area (Å²) in [7, 11) is 0. The van der Waals surface area contributed by atoms with Gasteiger partial charge in [-0.1, -0.05) is 141 Å². The van der Waals surface area contributed by atoms with Gasteiger partial charge in [0, 0.05) is 11.1 Å². The fourth-order valence-corrected chi connectivity index (χ4v) is 9.40. The third kappa shape index (κ3) is 4.69. The SMILES string of the molecule is CCCc1cc(-c2ccc3c4c(cccc24)-c2ccccc2-3)c2ccc3c(-c4nc(C5=CC=CC5)nc(-c5cccs5)n4)c4ccccc4cc3c2c1. The van der Waals surface area contributed by atoms with Crippen LogP contribution in [0.4, 0.5) is 0 Å². The van der Waals surface area contributed by atoms with Crippen molar-refractivity contribution in [2.45, 2.75) is 26.2 Å². The fourth-order valence-electron chi connectivity index (χ4n) is 8.74. The molecule has 4 heteroatoms. The zero-order chi connectivity index (χ0) is 35.0. The Morgan fingerprint density at radius 3 is 2.11 bits per heavy atom. The van der Waals surface area contributed by atoms with Crippen LogP contribution in [-0.2, 0) is 6.42 Å². The van der Waals surface area contributed by atoms with E-state index < -0.39 is 0 Å². The Bertz CT molecular complexity index is 3010. The van der Waals surface area contributed by atoms with Crippen LogP contribution in [0.3, 0.4) is 0 Å². The second-order valence-corrected chi connectivity index (χ2v) is 15.1. The summed E-state index contributed by atoms with van der Waals surface area (Å²) in [6.07, 6.45) is 9.29. The number of thiophene rings is 1. The zero-order valence-corrected chi connectivity index (χ0v) is 30.0. The minimum absolute atomic E-state index is 0.712. The Morgan fingerprint density at radius 1 is 0.547 bits per heavy atom. The van der Waals surface area contributed by atoms with Crippen molar-refractivity contribution in [2.75, 3.05) is 0 Å². The molecule has 7 aromatic carbocycles. The van der Waals surface area contributed by atoms with Crippen LogP contribution >= 0.6 is 11.3 Å². The smallest absolute Gasteiger partial charge is 0.174 e. The highest BCUT2D eigenvalue weighted by Gasteiger charge is 2.24. The van der Waals surface area contributed by atoms with Gasteiger partial charge in [0.25, 0.3) is 0 Å². The molecule has 0 saturated carbocycles. The second-order valence-electron chi connectivity index (χ2n) is 14.2.